The molecule has 0 spiro atoms. The van der Waals surface area contributed by atoms with Gasteiger partial charge in [0, 0.05) is 11.3 Å². The summed E-state index contributed by atoms with van der Waals surface area (Å²) in [5.41, 5.74) is 3.39. The average Bonchev–Trinajstić information content (AvgIpc) is 3.11. The van der Waals surface area contributed by atoms with Gasteiger partial charge in [0.15, 0.2) is 6.61 Å². The van der Waals surface area contributed by atoms with Crippen LogP contribution in [0.15, 0.2) is 77.7 Å². The van der Waals surface area contributed by atoms with E-state index in [0.717, 1.165) is 22.9 Å². The van der Waals surface area contributed by atoms with Gasteiger partial charge in [-0.25, -0.2) is 0 Å². The number of nitrogens with zero attached hydrogens (tertiary/aromatic N) is 1. The maximum absolute atomic E-state index is 12.9. The number of anilines is 1. The van der Waals surface area contributed by atoms with Gasteiger partial charge >= 0.3 is 0 Å². The lowest BCUT2D eigenvalue weighted by molar-refractivity contribution is -0.123. The zero-order valence-corrected chi connectivity index (χ0v) is 20.8. The number of thioether (sulfide) groups is 1. The molecule has 3 amide bonds. The summed E-state index contributed by atoms with van der Waals surface area (Å²) in [5, 5.41) is 2.45. The fourth-order valence-corrected chi connectivity index (χ4v) is 4.44. The molecule has 1 heterocycles. The molecule has 1 aliphatic heterocycles. The van der Waals surface area contributed by atoms with Crippen molar-refractivity contribution < 1.29 is 23.9 Å². The zero-order chi connectivity index (χ0) is 25.5. The summed E-state index contributed by atoms with van der Waals surface area (Å²) < 4.78 is 11.4. The van der Waals surface area contributed by atoms with Gasteiger partial charge in [-0.05, 0) is 73.1 Å². The van der Waals surface area contributed by atoms with E-state index in [1.807, 2.05) is 56.3 Å². The Bertz CT molecular complexity index is 1320. The Morgan fingerprint density at radius 1 is 0.944 bits per heavy atom. The molecule has 0 atom stereocenters. The van der Waals surface area contributed by atoms with Gasteiger partial charge in [-0.1, -0.05) is 42.5 Å². The molecule has 8 heteroatoms. The lowest BCUT2D eigenvalue weighted by Gasteiger charge is -2.13. The van der Waals surface area contributed by atoms with Crippen LogP contribution in [0.4, 0.5) is 10.5 Å². The van der Waals surface area contributed by atoms with Crippen LogP contribution in [0.25, 0.3) is 6.08 Å². The molecule has 0 unspecified atom stereocenters. The van der Waals surface area contributed by atoms with Gasteiger partial charge in [0.1, 0.15) is 18.1 Å². The zero-order valence-electron chi connectivity index (χ0n) is 20.0. The summed E-state index contributed by atoms with van der Waals surface area (Å²) in [5.74, 6) is 0.440. The highest BCUT2D eigenvalue weighted by Gasteiger charge is 2.35. The average molecular weight is 503 g/mol. The van der Waals surface area contributed by atoms with Crippen molar-refractivity contribution in [1.29, 1.82) is 0 Å². The molecule has 0 bridgehead atoms. The van der Waals surface area contributed by atoms with Crippen LogP contribution in [0.2, 0.25) is 0 Å². The van der Waals surface area contributed by atoms with E-state index in [1.54, 1.807) is 36.4 Å². The van der Waals surface area contributed by atoms with E-state index in [9.17, 15) is 14.4 Å². The number of rotatable bonds is 9. The molecule has 3 aromatic rings. The van der Waals surface area contributed by atoms with Crippen LogP contribution in [-0.2, 0) is 9.59 Å². The number of aryl methyl sites for hydroxylation is 2. The molecular weight excluding hydrogens is 476 g/mol. The summed E-state index contributed by atoms with van der Waals surface area (Å²) in [6.07, 6.45) is 1.61. The predicted octanol–water partition coefficient (Wildman–Crippen LogP) is 5.44. The topological polar surface area (TPSA) is 84.9 Å². The van der Waals surface area contributed by atoms with Gasteiger partial charge in [-0.15, -0.1) is 0 Å². The fourth-order valence-electron chi connectivity index (χ4n) is 3.59. The quantitative estimate of drug-likeness (QED) is 0.393. The Morgan fingerprint density at radius 2 is 1.69 bits per heavy atom. The lowest BCUT2D eigenvalue weighted by atomic mass is 10.2. The number of hydrogen-bond acceptors (Lipinski definition) is 6. The van der Waals surface area contributed by atoms with Crippen LogP contribution in [0, 0.1) is 13.8 Å². The third-order valence-corrected chi connectivity index (χ3v) is 6.22. The number of imide groups is 1. The van der Waals surface area contributed by atoms with Crippen LogP contribution < -0.4 is 14.8 Å². The smallest absolute Gasteiger partial charge is 0.293 e. The van der Waals surface area contributed by atoms with Gasteiger partial charge in [0.25, 0.3) is 17.1 Å². The van der Waals surface area contributed by atoms with Crippen molar-refractivity contribution in [2.45, 2.75) is 13.8 Å². The molecule has 0 aromatic heterocycles. The Kier molecular flexibility index (Phi) is 8.07. The molecule has 1 N–H and O–H groups in total. The highest BCUT2D eigenvalue weighted by Crippen LogP contribution is 2.34. The summed E-state index contributed by atoms with van der Waals surface area (Å²) in [6, 6.07) is 22.1. The van der Waals surface area contributed by atoms with Crippen molar-refractivity contribution in [1.82, 2.24) is 4.90 Å². The van der Waals surface area contributed by atoms with Crippen molar-refractivity contribution >= 4 is 40.6 Å². The van der Waals surface area contributed by atoms with E-state index < -0.39 is 0 Å². The number of carbonyl (C=O) groups is 3. The second-order valence-electron chi connectivity index (χ2n) is 8.24. The molecule has 1 fully saturated rings. The van der Waals surface area contributed by atoms with Crippen LogP contribution in [0.3, 0.4) is 0 Å². The molecule has 0 aliphatic carbocycles. The monoisotopic (exact) mass is 502 g/mol. The molecule has 0 radical (unpaired) electrons. The lowest BCUT2D eigenvalue weighted by Crippen LogP contribution is -2.32. The van der Waals surface area contributed by atoms with Crippen molar-refractivity contribution in [3.63, 3.8) is 0 Å². The Hall–Kier alpha value is -4.04. The number of amides is 3. The number of para-hydroxylation sites is 1. The van der Waals surface area contributed by atoms with Crippen LogP contribution in [0.5, 0.6) is 11.5 Å². The fraction of sp³-hybridized carbons (Fsp3) is 0.179. The molecule has 1 saturated heterocycles. The first-order valence-electron chi connectivity index (χ1n) is 11.4. The maximum Gasteiger partial charge on any atom is 0.293 e. The van der Waals surface area contributed by atoms with E-state index in [-0.39, 0.29) is 41.7 Å². The summed E-state index contributed by atoms with van der Waals surface area (Å²) >= 11 is 0.870. The molecule has 4 rings (SSSR count). The molecule has 3 aromatic carbocycles. The van der Waals surface area contributed by atoms with Crippen LogP contribution in [0.1, 0.15) is 16.7 Å². The summed E-state index contributed by atoms with van der Waals surface area (Å²) in [7, 11) is 0. The number of carbonyl (C=O) groups excluding carboxylic acids is 3. The third kappa shape index (κ3) is 6.55. The second kappa shape index (κ2) is 11.6. The second-order valence-corrected chi connectivity index (χ2v) is 9.24. The van der Waals surface area contributed by atoms with Crippen molar-refractivity contribution in [3.05, 3.63) is 94.4 Å². The number of benzene rings is 3. The third-order valence-electron chi connectivity index (χ3n) is 5.31. The van der Waals surface area contributed by atoms with E-state index >= 15 is 0 Å². The number of hydrogen-bond donors (Lipinski definition) is 1. The van der Waals surface area contributed by atoms with Gasteiger partial charge in [-0.3, -0.25) is 19.3 Å². The first-order chi connectivity index (χ1) is 17.4. The summed E-state index contributed by atoms with van der Waals surface area (Å²) in [6.45, 7) is 4.06. The summed E-state index contributed by atoms with van der Waals surface area (Å²) in [4.78, 5) is 39.1. The minimum absolute atomic E-state index is 0.146. The minimum atomic E-state index is -0.384. The van der Waals surface area contributed by atoms with E-state index in [2.05, 4.69) is 5.32 Å². The predicted molar refractivity (Wildman–Crippen MR) is 141 cm³/mol. The Labute approximate surface area is 214 Å². The molecule has 1 aliphatic rings. The Morgan fingerprint density at radius 3 is 2.47 bits per heavy atom. The maximum atomic E-state index is 12.9. The SMILES string of the molecule is Cc1cccc(NC(=O)COc2ccccc2/C=C2\SC(=O)N(CCOc3cccc(C)c3)C2=O)c1. The molecule has 0 saturated carbocycles. The standard InChI is InChI=1S/C28H26N2O5S/c1-19-7-5-10-22(15-19)29-26(31)18-35-24-12-4-3-9-21(24)17-25-27(32)30(28(33)36-25)13-14-34-23-11-6-8-20(2)16-23/h3-12,15-17H,13-14,18H2,1-2H3,(H,29,31)/b25-17-. The van der Waals surface area contributed by atoms with Crippen LogP contribution >= 0.6 is 11.8 Å². The van der Waals surface area contributed by atoms with Crippen molar-refractivity contribution in [2.24, 2.45) is 0 Å². The normalized spacial score (nSPS) is 14.3. The van der Waals surface area contributed by atoms with Gasteiger partial charge in [0.2, 0.25) is 0 Å². The van der Waals surface area contributed by atoms with Crippen LogP contribution in [-0.4, -0.2) is 41.7 Å². The minimum Gasteiger partial charge on any atom is -0.492 e. The van der Waals surface area contributed by atoms with Crippen molar-refractivity contribution in [3.8, 4) is 11.5 Å². The van der Waals surface area contributed by atoms with Gasteiger partial charge in [-0.2, -0.15) is 0 Å². The highest BCUT2D eigenvalue weighted by molar-refractivity contribution is 8.18. The molecule has 36 heavy (non-hydrogen) atoms. The van der Waals surface area contributed by atoms with E-state index in [4.69, 9.17) is 9.47 Å². The number of ether oxygens (including phenoxy) is 2. The number of nitrogens with one attached hydrogen (secondary N) is 1. The first kappa shape index (κ1) is 25.1. The molecular formula is C28H26N2O5S. The molecule has 184 valence electrons. The van der Waals surface area contributed by atoms with Crippen molar-refractivity contribution in [2.75, 3.05) is 25.1 Å². The highest BCUT2D eigenvalue weighted by atomic mass is 32.2. The van der Waals surface area contributed by atoms with Gasteiger partial charge in [0.05, 0.1) is 11.4 Å². The molecule has 7 nitrogen and oxygen atoms in total. The van der Waals surface area contributed by atoms with Gasteiger partial charge < -0.3 is 14.8 Å². The largest absolute Gasteiger partial charge is 0.492 e. The van der Waals surface area contributed by atoms with E-state index in [0.29, 0.717) is 22.7 Å². The Balaban J connectivity index is 1.37. The first-order valence-corrected chi connectivity index (χ1v) is 12.2. The van der Waals surface area contributed by atoms with E-state index in [1.165, 1.54) is 4.90 Å².